The number of nitrogens with one attached hydrogen (secondary N) is 2. The van der Waals surface area contributed by atoms with Crippen molar-refractivity contribution in [2.24, 2.45) is 0 Å². The largest absolute Gasteiger partial charge is 0.379 e. The van der Waals surface area contributed by atoms with E-state index in [-0.39, 0.29) is 385 Å². The molecule has 5 aromatic carbocycles. The Labute approximate surface area is 735 Å². The molecule has 1 aliphatic heterocycles. The molecule has 0 spiro atoms. The van der Waals surface area contributed by atoms with E-state index in [9.17, 15) is 0 Å². The first kappa shape index (κ1) is 96.8. The van der Waals surface area contributed by atoms with Crippen LogP contribution in [0.25, 0.3) is 22.3 Å². The number of hydrogen-bond donors (Lipinski definition) is 2. The molecular weight excluding hydrogens is 1240 g/mol. The molecular formula is C56H79Ar8B3N3Y2-3. The molecule has 1 saturated heterocycles. The summed E-state index contributed by atoms with van der Waals surface area (Å²) < 4.78 is 2.35. The van der Waals surface area contributed by atoms with Crippen LogP contribution in [-0.4, -0.2) is 26.8 Å². The Morgan fingerprint density at radius 1 is 0.569 bits per heavy atom. The molecule has 4 radical (unpaired) electrons. The predicted molar refractivity (Wildman–Crippen MR) is 276 cm³/mol. The van der Waals surface area contributed by atoms with Gasteiger partial charge in [-0.2, -0.15) is 77.4 Å². The van der Waals surface area contributed by atoms with E-state index >= 15 is 0 Å². The molecule has 2 atom stereocenters. The standard InChI is InChI=1S/C27H28.C21H27B3N3.4C2H6.8Ar.2Y/c1-6-20-12-9-13-21-22-14-10-16-25(26(22)19(3)17-23(20)21)27(4,5)24-15-8-7-11-18(24)2;1-6-15-9-7-10-16-17-11-8-12-19(20(17)14(2)13-18(15)16)21(3,4)27-23-25-22-26-24(27)5;4*1-2;;;;;;;;;;/h7-14,19H,6,17H2,1-5H3;7-11,14,25-26H,6,13H2,1-5H3;4*1-2H3;;;;;;;;;;/q-2;-1;;;;;;;;;;;;;;. The summed E-state index contributed by atoms with van der Waals surface area (Å²) in [4.78, 5) is 0. The van der Waals surface area contributed by atoms with E-state index in [0.717, 1.165) is 25.7 Å². The van der Waals surface area contributed by atoms with E-state index in [1.165, 1.54) is 77.9 Å². The first-order valence-corrected chi connectivity index (χ1v) is 24.2. The van der Waals surface area contributed by atoms with Crippen LogP contribution in [0.15, 0.2) is 78.9 Å². The molecule has 8 rings (SSSR count). The van der Waals surface area contributed by atoms with Crippen molar-refractivity contribution in [2.45, 2.75) is 173 Å². The van der Waals surface area contributed by atoms with Gasteiger partial charge in [0, 0.05) is 367 Å². The zero-order valence-electron chi connectivity index (χ0n) is 46.2. The number of nitrogens with zero attached hydrogens (tertiary/aromatic N) is 1. The van der Waals surface area contributed by atoms with Gasteiger partial charge in [-0.25, -0.2) is 0 Å². The van der Waals surface area contributed by atoms with Gasteiger partial charge in [0.1, 0.15) is 0 Å². The van der Waals surface area contributed by atoms with Crippen molar-refractivity contribution >= 4 is 22.1 Å². The normalized spacial score (nSPS) is 13.7. The second kappa shape index (κ2) is 50.5. The summed E-state index contributed by atoms with van der Waals surface area (Å²) in [5, 5.41) is 6.59. The fourth-order valence-corrected chi connectivity index (χ4v) is 9.85. The Balaban J connectivity index is -0.000000148. The molecule has 0 saturated carbocycles. The van der Waals surface area contributed by atoms with Crippen LogP contribution >= 0.6 is 0 Å². The fourth-order valence-electron chi connectivity index (χ4n) is 9.85. The maximum Gasteiger partial charge on any atom is 0.288 e. The van der Waals surface area contributed by atoms with Gasteiger partial charge in [-0.15, -0.1) is 27.8 Å². The molecule has 72 heavy (non-hydrogen) atoms. The molecule has 2 aliphatic carbocycles. The van der Waals surface area contributed by atoms with Crippen molar-refractivity contribution in [3.8, 4) is 22.3 Å². The Kier molecular flexibility index (Phi) is 67.8. The molecule has 3 aliphatic rings. The molecule has 1 heterocycles. The van der Waals surface area contributed by atoms with E-state index in [2.05, 4.69) is 183 Å². The summed E-state index contributed by atoms with van der Waals surface area (Å²) >= 11 is 0. The van der Waals surface area contributed by atoms with Crippen molar-refractivity contribution in [3.63, 3.8) is 0 Å². The van der Waals surface area contributed by atoms with Gasteiger partial charge in [0.05, 0.1) is 0 Å². The topological polar surface area (TPSA) is 27.3 Å². The predicted octanol–water partition coefficient (Wildman–Crippen LogP) is 14.2. The number of aryl methyl sites for hydroxylation is 3. The molecule has 1 fully saturated rings. The minimum atomic E-state index is -0.173. The van der Waals surface area contributed by atoms with Crippen LogP contribution in [0.2, 0.25) is 6.82 Å². The molecule has 0 aromatic heterocycles. The van der Waals surface area contributed by atoms with Gasteiger partial charge in [-0.3, -0.25) is 0 Å². The van der Waals surface area contributed by atoms with Gasteiger partial charge in [0.25, 0.3) is 22.1 Å². The van der Waals surface area contributed by atoms with Crippen LogP contribution < -0.4 is 10.3 Å². The van der Waals surface area contributed by atoms with E-state index in [4.69, 9.17) is 0 Å². The van der Waals surface area contributed by atoms with Crippen molar-refractivity contribution in [3.05, 3.63) is 153 Å². The maximum absolute atomic E-state index is 3.63. The third-order valence-electron chi connectivity index (χ3n) is 12.6. The van der Waals surface area contributed by atoms with Gasteiger partial charge in [-0.05, 0) is 83.9 Å². The third kappa shape index (κ3) is 24.6. The molecule has 16 heteroatoms. The van der Waals surface area contributed by atoms with E-state index in [1.807, 2.05) is 69.0 Å². The van der Waals surface area contributed by atoms with E-state index in [1.54, 1.807) is 0 Å². The quantitative estimate of drug-likeness (QED) is 0.131. The second-order valence-corrected chi connectivity index (χ2v) is 16.8. The van der Waals surface area contributed by atoms with Gasteiger partial charge in [0.15, 0.2) is 0 Å². The van der Waals surface area contributed by atoms with Crippen LogP contribution in [0.5, 0.6) is 0 Å². The average molecular weight is 1320 g/mol. The van der Waals surface area contributed by atoms with E-state index < -0.39 is 0 Å². The molecule has 3 nitrogen and oxygen atoms in total. The molecule has 0 amide bonds. The van der Waals surface area contributed by atoms with Gasteiger partial charge >= 0.3 is 0 Å². The van der Waals surface area contributed by atoms with Crippen molar-refractivity contribution in [2.75, 3.05) is 0 Å². The Hall–Kier alpha value is 8.46. The Morgan fingerprint density at radius 3 is 1.38 bits per heavy atom. The third-order valence-corrected chi connectivity index (χ3v) is 12.6. The molecule has 2 N–H and O–H groups in total. The molecule has 5 aromatic rings. The zero-order chi connectivity index (χ0) is 46.4. The smallest absolute Gasteiger partial charge is 0.288 e. The van der Waals surface area contributed by atoms with Crippen LogP contribution in [0, 0.1) is 327 Å². The molecule has 0 bridgehead atoms. The number of rotatable bonds is 6. The van der Waals surface area contributed by atoms with Gasteiger partial charge in [0.2, 0.25) is 0 Å². The summed E-state index contributed by atoms with van der Waals surface area (Å²) in [6.07, 6.45) is 4.42. The zero-order valence-corrected chi connectivity index (χ0v) is 57.5. The Morgan fingerprint density at radius 2 is 0.972 bits per heavy atom. The van der Waals surface area contributed by atoms with Crippen molar-refractivity contribution < 1.29 is 367 Å². The number of benzene rings is 5. The second-order valence-electron chi connectivity index (χ2n) is 16.8. The summed E-state index contributed by atoms with van der Waals surface area (Å²) in [5.41, 5.74) is 19.5. The Bertz CT molecular complexity index is 2200. The summed E-state index contributed by atoms with van der Waals surface area (Å²) in [5.74, 6) is 0.982. The summed E-state index contributed by atoms with van der Waals surface area (Å²) in [6, 6.07) is 39.4. The van der Waals surface area contributed by atoms with E-state index in [0.29, 0.717) is 11.8 Å². The summed E-state index contributed by atoms with van der Waals surface area (Å²) in [7, 11) is 3.97. The minimum Gasteiger partial charge on any atom is -0.379 e. The van der Waals surface area contributed by atoms with Crippen LogP contribution in [-0.2, 0) is 102 Å². The van der Waals surface area contributed by atoms with Crippen LogP contribution in [0.3, 0.4) is 0 Å². The average Bonchev–Trinajstić information content (AvgIpc) is 3.31. The first-order chi connectivity index (χ1) is 29.9. The SMILES string of the molecule is CC.CC.CC.CC.CCc1cccc2c1CC(C)c1c(C(C)(C)N3[B]N[B]NB3C)[c-]ccc1-2.CCc1cccc2c1CC(C)c1c(C(C)(C)c3[c-]cccc3C)[c-]ccc1-2.[Ar].[Ar].[Ar].[Ar].[Ar].[Ar].[Ar].[Ar].[Y].[Y]. The maximum atomic E-state index is 3.63. The molecule has 2 unspecified atom stereocenters. The van der Waals surface area contributed by atoms with Crippen LogP contribution in [0.1, 0.15) is 178 Å². The fraction of sp³-hybridized carbons (Fsp3) is 0.464. The monoisotopic (exact) mass is 1320 g/mol. The van der Waals surface area contributed by atoms with Gasteiger partial charge < -0.3 is 15.0 Å². The van der Waals surface area contributed by atoms with Crippen LogP contribution in [0.4, 0.5) is 0 Å². The first-order valence-electron chi connectivity index (χ1n) is 24.2. The van der Waals surface area contributed by atoms with Crippen molar-refractivity contribution in [1.29, 1.82) is 0 Å². The van der Waals surface area contributed by atoms with Crippen molar-refractivity contribution in [1.82, 2.24) is 15.0 Å². The summed E-state index contributed by atoms with van der Waals surface area (Å²) in [6.45, 7) is 39.1. The number of fused-ring (bicyclic) bond motifs is 6. The minimum absolute atomic E-state index is 0. The molecule has 400 valence electrons. The number of hydrogen-bond acceptors (Lipinski definition) is 3. The van der Waals surface area contributed by atoms with Gasteiger partial charge in [-0.1, -0.05) is 159 Å².